The number of anilines is 1. The molecule has 1 atom stereocenters. The Balaban J connectivity index is 2.03. The first-order chi connectivity index (χ1) is 12.7. The van der Waals surface area contributed by atoms with Gasteiger partial charge in [-0.25, -0.2) is 5.06 Å². The average molecular weight is 365 g/mol. The van der Waals surface area contributed by atoms with Crippen molar-refractivity contribution in [2.45, 2.75) is 52.7 Å². The number of hydrogen-bond donors (Lipinski definition) is 0. The molecule has 0 bridgehead atoms. The molecule has 0 aliphatic carbocycles. The zero-order valence-electron chi connectivity index (χ0n) is 16.7. The minimum Gasteiger partial charge on any atom is -0.460 e. The van der Waals surface area contributed by atoms with E-state index in [0.29, 0.717) is 0 Å². The van der Waals surface area contributed by atoms with Crippen LogP contribution in [0, 0.1) is 6.92 Å². The summed E-state index contributed by atoms with van der Waals surface area (Å²) in [4.78, 5) is 18.6. The highest BCUT2D eigenvalue weighted by atomic mass is 16.7. The summed E-state index contributed by atoms with van der Waals surface area (Å²) >= 11 is 0. The van der Waals surface area contributed by atoms with E-state index in [9.17, 15) is 4.79 Å². The summed E-state index contributed by atoms with van der Waals surface area (Å²) < 4.78 is 5.55. The Morgan fingerprint density at radius 3 is 2.30 bits per heavy atom. The van der Waals surface area contributed by atoms with E-state index in [1.165, 1.54) is 5.56 Å². The van der Waals surface area contributed by atoms with Crippen LogP contribution in [-0.4, -0.2) is 17.7 Å². The number of aryl methyl sites for hydroxylation is 1. The van der Waals surface area contributed by atoms with Gasteiger partial charge in [-0.05, 0) is 52.3 Å². The number of para-hydroxylation sites is 1. The van der Waals surface area contributed by atoms with Crippen molar-refractivity contribution in [3.8, 4) is 0 Å². The molecule has 1 aliphatic rings. The van der Waals surface area contributed by atoms with Gasteiger partial charge in [0.1, 0.15) is 11.7 Å². The van der Waals surface area contributed by atoms with Gasteiger partial charge in [0.2, 0.25) is 0 Å². The molecule has 4 nitrogen and oxygen atoms in total. The number of benzene rings is 2. The predicted molar refractivity (Wildman–Crippen MR) is 108 cm³/mol. The molecule has 0 aromatic heterocycles. The third-order valence-electron chi connectivity index (χ3n) is 4.33. The lowest BCUT2D eigenvalue weighted by Crippen LogP contribution is -2.24. The van der Waals surface area contributed by atoms with E-state index in [-0.39, 0.29) is 18.5 Å². The predicted octanol–water partition coefficient (Wildman–Crippen LogP) is 5.28. The third kappa shape index (κ3) is 4.58. The van der Waals surface area contributed by atoms with Crippen LogP contribution < -0.4 is 5.06 Å². The van der Waals surface area contributed by atoms with Crippen molar-refractivity contribution in [1.82, 2.24) is 0 Å². The van der Waals surface area contributed by atoms with Crippen LogP contribution in [-0.2, 0) is 14.4 Å². The van der Waals surface area contributed by atoms with Gasteiger partial charge in [0, 0.05) is 5.56 Å². The number of nitrogens with zero attached hydrogens (tertiary/aromatic N) is 1. The number of carbonyl (C=O) groups excluding carboxylic acids is 1. The molecule has 0 spiro atoms. The number of carbonyl (C=O) groups is 1. The van der Waals surface area contributed by atoms with Gasteiger partial charge < -0.3 is 4.74 Å². The molecule has 0 fully saturated rings. The Labute approximate surface area is 161 Å². The van der Waals surface area contributed by atoms with E-state index in [4.69, 9.17) is 9.57 Å². The largest absolute Gasteiger partial charge is 0.460 e. The molecule has 3 rings (SSSR count). The van der Waals surface area contributed by atoms with Gasteiger partial charge >= 0.3 is 5.97 Å². The Kier molecular flexibility index (Phi) is 5.38. The van der Waals surface area contributed by atoms with Gasteiger partial charge in [0.05, 0.1) is 17.8 Å². The van der Waals surface area contributed by atoms with Gasteiger partial charge in [-0.3, -0.25) is 9.63 Å². The highest BCUT2D eigenvalue weighted by Crippen LogP contribution is 2.39. The lowest BCUT2D eigenvalue weighted by molar-refractivity contribution is -0.154. The molecule has 0 amide bonds. The first-order valence-electron chi connectivity index (χ1n) is 9.28. The maximum atomic E-state index is 12.5. The average Bonchev–Trinajstić information content (AvgIpc) is 2.91. The van der Waals surface area contributed by atoms with Crippen molar-refractivity contribution in [1.29, 1.82) is 0 Å². The topological polar surface area (TPSA) is 38.8 Å². The van der Waals surface area contributed by atoms with Crippen molar-refractivity contribution in [3.63, 3.8) is 0 Å². The summed E-state index contributed by atoms with van der Waals surface area (Å²) in [6.07, 6.45) is -0.0145. The van der Waals surface area contributed by atoms with Crippen molar-refractivity contribution >= 4 is 17.4 Å². The summed E-state index contributed by atoms with van der Waals surface area (Å²) in [5.74, 6) is -0.243. The Hall–Kier alpha value is -2.59. The molecule has 0 radical (unpaired) electrons. The van der Waals surface area contributed by atoms with E-state index in [0.717, 1.165) is 22.5 Å². The van der Waals surface area contributed by atoms with Crippen LogP contribution in [0.4, 0.5) is 5.69 Å². The summed E-state index contributed by atoms with van der Waals surface area (Å²) in [6, 6.07) is 18.2. The van der Waals surface area contributed by atoms with Crippen LogP contribution in [0.2, 0.25) is 0 Å². The van der Waals surface area contributed by atoms with E-state index < -0.39 is 5.60 Å². The van der Waals surface area contributed by atoms with Crippen LogP contribution in [0.1, 0.15) is 45.2 Å². The lowest BCUT2D eigenvalue weighted by atomic mass is 9.99. The fourth-order valence-electron chi connectivity index (χ4n) is 3.13. The van der Waals surface area contributed by atoms with Crippen LogP contribution in [0.3, 0.4) is 0 Å². The third-order valence-corrected chi connectivity index (χ3v) is 4.33. The van der Waals surface area contributed by atoms with Gasteiger partial charge in [-0.15, -0.1) is 0 Å². The molecule has 1 aliphatic heterocycles. The highest BCUT2D eigenvalue weighted by Gasteiger charge is 2.34. The molecule has 1 heterocycles. The summed E-state index contributed by atoms with van der Waals surface area (Å²) in [7, 11) is 0. The number of esters is 1. The zero-order chi connectivity index (χ0) is 19.6. The number of hydrogen-bond acceptors (Lipinski definition) is 4. The summed E-state index contributed by atoms with van der Waals surface area (Å²) in [5.41, 5.74) is 4.47. The molecule has 0 saturated carbocycles. The Morgan fingerprint density at radius 1 is 1.07 bits per heavy atom. The fourth-order valence-corrected chi connectivity index (χ4v) is 3.13. The summed E-state index contributed by atoms with van der Waals surface area (Å²) in [5, 5.41) is 1.83. The van der Waals surface area contributed by atoms with Crippen LogP contribution in [0.25, 0.3) is 5.70 Å². The van der Waals surface area contributed by atoms with Crippen molar-refractivity contribution < 1.29 is 14.4 Å². The van der Waals surface area contributed by atoms with Gasteiger partial charge in [-0.1, -0.05) is 48.0 Å². The Morgan fingerprint density at radius 2 is 1.70 bits per heavy atom. The maximum Gasteiger partial charge on any atom is 0.310 e. The molecule has 2 aromatic carbocycles. The maximum absolute atomic E-state index is 12.5. The zero-order valence-corrected chi connectivity index (χ0v) is 16.7. The highest BCUT2D eigenvalue weighted by molar-refractivity contribution is 5.86. The minimum atomic E-state index is -0.510. The minimum absolute atomic E-state index is 0.199. The standard InChI is InChI=1S/C23H27NO3/c1-16-11-13-18(14-12-16)22-20(15-21(25)26-23(3,4)5)17(2)27-24(22)19-9-7-6-8-10-19/h6-14,17H,15H2,1-5H3/t17-/m1/s1. The molecule has 0 unspecified atom stereocenters. The van der Waals surface area contributed by atoms with Crippen LogP contribution in [0.5, 0.6) is 0 Å². The van der Waals surface area contributed by atoms with Crippen molar-refractivity contribution in [2.75, 3.05) is 5.06 Å². The van der Waals surface area contributed by atoms with E-state index >= 15 is 0 Å². The van der Waals surface area contributed by atoms with E-state index in [1.807, 2.05) is 63.1 Å². The van der Waals surface area contributed by atoms with Crippen molar-refractivity contribution in [2.24, 2.45) is 0 Å². The normalized spacial score (nSPS) is 17.4. The monoisotopic (exact) mass is 365 g/mol. The van der Waals surface area contributed by atoms with Gasteiger partial charge in [0.25, 0.3) is 0 Å². The molecule has 2 aromatic rings. The fraction of sp³-hybridized carbons (Fsp3) is 0.348. The summed E-state index contributed by atoms with van der Waals surface area (Å²) in [6.45, 7) is 9.67. The second-order valence-corrected chi connectivity index (χ2v) is 7.88. The first kappa shape index (κ1) is 19.2. The molecule has 0 N–H and O–H groups in total. The van der Waals surface area contributed by atoms with Crippen LogP contribution in [0.15, 0.2) is 60.2 Å². The molecule has 0 saturated heterocycles. The van der Waals surface area contributed by atoms with Gasteiger partial charge in [0.15, 0.2) is 0 Å². The quantitative estimate of drug-likeness (QED) is 0.691. The smallest absolute Gasteiger partial charge is 0.310 e. The second-order valence-electron chi connectivity index (χ2n) is 7.88. The number of rotatable bonds is 4. The van der Waals surface area contributed by atoms with E-state index in [2.05, 4.69) is 31.2 Å². The first-order valence-corrected chi connectivity index (χ1v) is 9.28. The molecule has 4 heteroatoms. The number of ether oxygens (including phenoxy) is 1. The number of hydroxylamine groups is 1. The Bertz CT molecular complexity index is 832. The second kappa shape index (κ2) is 7.57. The SMILES string of the molecule is Cc1ccc(C2=C(CC(=O)OC(C)(C)C)[C@@H](C)ON2c2ccccc2)cc1. The molecular formula is C23H27NO3. The lowest BCUT2D eigenvalue weighted by Gasteiger charge is -2.22. The van der Waals surface area contributed by atoms with E-state index in [1.54, 1.807) is 0 Å². The van der Waals surface area contributed by atoms with Gasteiger partial charge in [-0.2, -0.15) is 0 Å². The molecule has 27 heavy (non-hydrogen) atoms. The molecule has 142 valence electrons. The molecular weight excluding hydrogens is 338 g/mol. The van der Waals surface area contributed by atoms with Crippen molar-refractivity contribution in [3.05, 3.63) is 71.3 Å². The van der Waals surface area contributed by atoms with Crippen LogP contribution >= 0.6 is 0 Å².